The van der Waals surface area contributed by atoms with Gasteiger partial charge in [0.05, 0.1) is 19.3 Å². The van der Waals surface area contributed by atoms with Crippen LogP contribution in [0.2, 0.25) is 0 Å². The molecule has 1 aliphatic heterocycles. The van der Waals surface area contributed by atoms with Crippen LogP contribution in [0.4, 0.5) is 19.3 Å². The highest BCUT2D eigenvalue weighted by atomic mass is 19.1. The number of ether oxygens (including phenoxy) is 1. The van der Waals surface area contributed by atoms with Crippen molar-refractivity contribution in [3.63, 3.8) is 0 Å². The first-order valence-corrected chi connectivity index (χ1v) is 8.29. The summed E-state index contributed by atoms with van der Waals surface area (Å²) in [5, 5.41) is 2.69. The largest absolute Gasteiger partial charge is 0.494 e. The van der Waals surface area contributed by atoms with Crippen molar-refractivity contribution in [1.82, 2.24) is 15.2 Å². The van der Waals surface area contributed by atoms with Gasteiger partial charge in [-0.3, -0.25) is 4.98 Å². The van der Waals surface area contributed by atoms with E-state index >= 15 is 0 Å². The van der Waals surface area contributed by atoms with Gasteiger partial charge in [-0.05, 0) is 24.3 Å². The fourth-order valence-electron chi connectivity index (χ4n) is 2.83. The minimum atomic E-state index is -0.442. The molecule has 1 fully saturated rings. The molecule has 8 heteroatoms. The number of halogens is 2. The molecule has 1 aromatic heterocycles. The average molecular weight is 362 g/mol. The number of anilines is 1. The Hall–Kier alpha value is -2.90. The molecule has 0 atom stereocenters. The summed E-state index contributed by atoms with van der Waals surface area (Å²) in [5.74, 6) is -0.654. The molecule has 26 heavy (non-hydrogen) atoms. The molecule has 2 heterocycles. The number of hydrogen-bond donors (Lipinski definition) is 1. The summed E-state index contributed by atoms with van der Waals surface area (Å²) in [6.07, 6.45) is 1.49. The average Bonchev–Trinajstić information content (AvgIpc) is 2.67. The first-order valence-electron chi connectivity index (χ1n) is 8.29. The molecule has 0 saturated carbocycles. The number of amides is 2. The molecule has 0 unspecified atom stereocenters. The number of rotatable bonds is 4. The minimum Gasteiger partial charge on any atom is -0.494 e. The monoisotopic (exact) mass is 362 g/mol. The molecule has 0 aliphatic carbocycles. The van der Waals surface area contributed by atoms with E-state index < -0.39 is 11.6 Å². The quantitative estimate of drug-likeness (QED) is 0.908. The topological polar surface area (TPSA) is 57.7 Å². The van der Waals surface area contributed by atoms with Gasteiger partial charge in [0.15, 0.2) is 11.6 Å². The molecule has 0 bridgehead atoms. The molecule has 3 rings (SSSR count). The zero-order valence-corrected chi connectivity index (χ0v) is 14.4. The lowest BCUT2D eigenvalue weighted by Gasteiger charge is -2.36. The maximum absolute atomic E-state index is 13.5. The minimum absolute atomic E-state index is 0.0425. The SMILES string of the molecule is COc1cc(N2CCN(C(=O)NCc3ncccc3F)CC2)ccc1F. The number of benzene rings is 1. The zero-order chi connectivity index (χ0) is 18.5. The Balaban J connectivity index is 1.53. The predicted octanol–water partition coefficient (Wildman–Crippen LogP) is 2.40. The van der Waals surface area contributed by atoms with Crippen LogP contribution in [0.25, 0.3) is 0 Å². The van der Waals surface area contributed by atoms with Crippen molar-refractivity contribution in [2.75, 3.05) is 38.2 Å². The van der Waals surface area contributed by atoms with Crippen molar-refractivity contribution in [2.24, 2.45) is 0 Å². The number of urea groups is 1. The van der Waals surface area contributed by atoms with E-state index in [4.69, 9.17) is 4.74 Å². The number of carbonyl (C=O) groups is 1. The first kappa shape index (κ1) is 17.9. The summed E-state index contributed by atoms with van der Waals surface area (Å²) in [7, 11) is 1.43. The van der Waals surface area contributed by atoms with Gasteiger partial charge in [0, 0.05) is 44.1 Å². The molecule has 1 N–H and O–H groups in total. The molecular weight excluding hydrogens is 342 g/mol. The first-order chi connectivity index (χ1) is 12.6. The normalized spacial score (nSPS) is 14.3. The van der Waals surface area contributed by atoms with Crippen molar-refractivity contribution in [2.45, 2.75) is 6.54 Å². The van der Waals surface area contributed by atoms with E-state index in [2.05, 4.69) is 15.2 Å². The van der Waals surface area contributed by atoms with E-state index in [0.29, 0.717) is 26.2 Å². The molecule has 138 valence electrons. The van der Waals surface area contributed by atoms with E-state index in [1.165, 1.54) is 31.5 Å². The van der Waals surface area contributed by atoms with Gasteiger partial charge in [-0.25, -0.2) is 13.6 Å². The van der Waals surface area contributed by atoms with Gasteiger partial charge in [-0.2, -0.15) is 0 Å². The van der Waals surface area contributed by atoms with Gasteiger partial charge in [0.25, 0.3) is 0 Å². The van der Waals surface area contributed by atoms with E-state index in [1.807, 2.05) is 0 Å². The van der Waals surface area contributed by atoms with Crippen LogP contribution < -0.4 is 15.0 Å². The van der Waals surface area contributed by atoms with Gasteiger partial charge in [0.1, 0.15) is 5.82 Å². The summed E-state index contributed by atoms with van der Waals surface area (Å²) in [6.45, 7) is 2.29. The number of carbonyl (C=O) groups excluding carboxylic acids is 1. The number of pyridine rings is 1. The lowest BCUT2D eigenvalue weighted by Crippen LogP contribution is -2.51. The van der Waals surface area contributed by atoms with Gasteiger partial charge >= 0.3 is 6.03 Å². The Morgan fingerprint density at radius 1 is 1.19 bits per heavy atom. The van der Waals surface area contributed by atoms with Crippen LogP contribution >= 0.6 is 0 Å². The van der Waals surface area contributed by atoms with E-state index in [-0.39, 0.29) is 24.0 Å². The highest BCUT2D eigenvalue weighted by Crippen LogP contribution is 2.25. The zero-order valence-electron chi connectivity index (χ0n) is 14.4. The Labute approximate surface area is 150 Å². The molecule has 2 amide bonds. The Morgan fingerprint density at radius 2 is 1.96 bits per heavy atom. The van der Waals surface area contributed by atoms with Gasteiger partial charge < -0.3 is 19.9 Å². The number of piperazine rings is 1. The third-order valence-electron chi connectivity index (χ3n) is 4.31. The van der Waals surface area contributed by atoms with E-state index in [1.54, 1.807) is 17.0 Å². The lowest BCUT2D eigenvalue weighted by atomic mass is 10.2. The van der Waals surface area contributed by atoms with Crippen LogP contribution in [0.1, 0.15) is 5.69 Å². The van der Waals surface area contributed by atoms with Crippen LogP contribution in [0, 0.1) is 11.6 Å². The highest BCUT2D eigenvalue weighted by Gasteiger charge is 2.22. The van der Waals surface area contributed by atoms with Gasteiger partial charge in [-0.15, -0.1) is 0 Å². The third kappa shape index (κ3) is 4.01. The predicted molar refractivity (Wildman–Crippen MR) is 93.2 cm³/mol. The van der Waals surface area contributed by atoms with Crippen LogP contribution in [-0.2, 0) is 6.54 Å². The van der Waals surface area contributed by atoms with Crippen LogP contribution in [0.15, 0.2) is 36.5 Å². The highest BCUT2D eigenvalue weighted by molar-refractivity contribution is 5.74. The molecule has 1 saturated heterocycles. The van der Waals surface area contributed by atoms with Crippen molar-refractivity contribution >= 4 is 11.7 Å². The Kier molecular flexibility index (Phi) is 5.50. The van der Waals surface area contributed by atoms with E-state index in [9.17, 15) is 13.6 Å². The summed E-state index contributed by atoms with van der Waals surface area (Å²) < 4.78 is 32.1. The third-order valence-corrected chi connectivity index (χ3v) is 4.31. The number of hydrogen-bond acceptors (Lipinski definition) is 4. The van der Waals surface area contributed by atoms with Gasteiger partial charge in [0.2, 0.25) is 0 Å². The molecular formula is C18H20F2N4O2. The van der Waals surface area contributed by atoms with Crippen LogP contribution in [-0.4, -0.2) is 49.2 Å². The summed E-state index contributed by atoms with van der Waals surface area (Å²) in [6, 6.07) is 7.27. The van der Waals surface area contributed by atoms with Crippen molar-refractivity contribution in [3.8, 4) is 5.75 Å². The fourth-order valence-corrected chi connectivity index (χ4v) is 2.83. The lowest BCUT2D eigenvalue weighted by molar-refractivity contribution is 0.193. The second-order valence-corrected chi connectivity index (χ2v) is 5.88. The summed E-state index contributed by atoms with van der Waals surface area (Å²) >= 11 is 0. The number of methoxy groups -OCH3 is 1. The Morgan fingerprint density at radius 3 is 2.65 bits per heavy atom. The second kappa shape index (κ2) is 7.99. The van der Waals surface area contributed by atoms with Crippen LogP contribution in [0.5, 0.6) is 5.75 Å². The molecule has 0 spiro atoms. The summed E-state index contributed by atoms with van der Waals surface area (Å²) in [4.78, 5) is 19.9. The second-order valence-electron chi connectivity index (χ2n) is 5.88. The molecule has 6 nitrogen and oxygen atoms in total. The van der Waals surface area contributed by atoms with Crippen molar-refractivity contribution in [3.05, 3.63) is 53.9 Å². The number of aromatic nitrogens is 1. The van der Waals surface area contributed by atoms with Crippen molar-refractivity contribution in [1.29, 1.82) is 0 Å². The molecule has 0 radical (unpaired) electrons. The maximum atomic E-state index is 13.5. The summed E-state index contributed by atoms with van der Waals surface area (Å²) in [5.41, 5.74) is 1.05. The fraction of sp³-hybridized carbons (Fsp3) is 0.333. The smallest absolute Gasteiger partial charge is 0.317 e. The maximum Gasteiger partial charge on any atom is 0.317 e. The molecule has 2 aromatic rings. The number of nitrogens with zero attached hydrogens (tertiary/aromatic N) is 3. The van der Waals surface area contributed by atoms with Crippen molar-refractivity contribution < 1.29 is 18.3 Å². The standard InChI is InChI=1S/C18H20F2N4O2/c1-26-17-11-13(4-5-15(17)20)23-7-9-24(10-8-23)18(25)22-12-16-14(19)3-2-6-21-16/h2-6,11H,7-10,12H2,1H3,(H,22,25). The molecule has 1 aromatic carbocycles. The molecule has 1 aliphatic rings. The van der Waals surface area contributed by atoms with E-state index in [0.717, 1.165) is 5.69 Å². The van der Waals surface area contributed by atoms with Gasteiger partial charge in [-0.1, -0.05) is 0 Å². The number of nitrogens with one attached hydrogen (secondary N) is 1. The Bertz CT molecular complexity index is 780. The van der Waals surface area contributed by atoms with Crippen LogP contribution in [0.3, 0.4) is 0 Å².